The molecule has 0 aromatic heterocycles. The van der Waals surface area contributed by atoms with Crippen molar-refractivity contribution in [2.75, 3.05) is 13.3 Å². The van der Waals surface area contributed by atoms with E-state index in [1.807, 2.05) is 0 Å². The molecule has 0 aliphatic carbocycles. The fourth-order valence-corrected chi connectivity index (χ4v) is 2.69. The summed E-state index contributed by atoms with van der Waals surface area (Å²) in [4.78, 5) is 22.6. The van der Waals surface area contributed by atoms with Crippen LogP contribution in [0.4, 0.5) is 5.69 Å². The van der Waals surface area contributed by atoms with Crippen LogP contribution < -0.4 is 14.8 Å². The lowest BCUT2D eigenvalue weighted by molar-refractivity contribution is -0.384. The summed E-state index contributed by atoms with van der Waals surface area (Å²) in [7, 11) is 0. The number of nitrogens with zero attached hydrogens (tertiary/aromatic N) is 1. The molecular formula is C17H15ClN2O6. The zero-order valence-electron chi connectivity index (χ0n) is 13.7. The van der Waals surface area contributed by atoms with Gasteiger partial charge in [-0.15, -0.1) is 0 Å². The van der Waals surface area contributed by atoms with E-state index in [1.165, 1.54) is 19.1 Å². The molecule has 136 valence electrons. The van der Waals surface area contributed by atoms with Gasteiger partial charge in [0, 0.05) is 12.1 Å². The quantitative estimate of drug-likeness (QED) is 0.611. The molecule has 26 heavy (non-hydrogen) atoms. The first-order valence-corrected chi connectivity index (χ1v) is 8.00. The number of carbonyl (C=O) groups excluding carboxylic acids is 1. The van der Waals surface area contributed by atoms with E-state index in [1.54, 1.807) is 18.2 Å². The molecule has 1 aliphatic rings. The summed E-state index contributed by atoms with van der Waals surface area (Å²) in [5.74, 6) is 0.465. The lowest BCUT2D eigenvalue weighted by atomic mass is 9.95. The monoisotopic (exact) mass is 378 g/mol. The van der Waals surface area contributed by atoms with Crippen LogP contribution in [0.5, 0.6) is 11.5 Å². The van der Waals surface area contributed by atoms with Crippen LogP contribution >= 0.6 is 11.6 Å². The van der Waals surface area contributed by atoms with Gasteiger partial charge in [0.15, 0.2) is 11.5 Å². The smallest absolute Gasteiger partial charge is 0.270 e. The van der Waals surface area contributed by atoms with E-state index in [0.717, 1.165) is 6.07 Å². The minimum absolute atomic E-state index is 0.0395. The van der Waals surface area contributed by atoms with Gasteiger partial charge >= 0.3 is 0 Å². The number of nitro groups is 1. The Morgan fingerprint density at radius 1 is 1.31 bits per heavy atom. The van der Waals surface area contributed by atoms with Crippen molar-refractivity contribution in [1.29, 1.82) is 0 Å². The largest absolute Gasteiger partial charge is 0.454 e. The predicted octanol–water partition coefficient (Wildman–Crippen LogP) is 2.61. The van der Waals surface area contributed by atoms with E-state index < -0.39 is 16.4 Å². The molecule has 1 unspecified atom stereocenters. The standard InChI is InChI=1S/C17H15ClN2O6/c1-17(22,10-2-5-14-15(6-10)26-9-25-14)8-19-16(21)12-7-11(20(23)24)3-4-13(12)18/h2-7,22H,8-9H2,1H3,(H,19,21). The van der Waals surface area contributed by atoms with Gasteiger partial charge in [-0.1, -0.05) is 17.7 Å². The van der Waals surface area contributed by atoms with Crippen LogP contribution in [0.25, 0.3) is 0 Å². The van der Waals surface area contributed by atoms with Gasteiger partial charge in [0.25, 0.3) is 11.6 Å². The molecule has 0 saturated heterocycles. The van der Waals surface area contributed by atoms with Crippen LogP contribution in [-0.2, 0) is 5.60 Å². The van der Waals surface area contributed by atoms with Crippen molar-refractivity contribution in [2.24, 2.45) is 0 Å². The van der Waals surface area contributed by atoms with Crippen molar-refractivity contribution in [3.63, 3.8) is 0 Å². The molecular weight excluding hydrogens is 364 g/mol. The van der Waals surface area contributed by atoms with Crippen molar-refractivity contribution in [3.05, 3.63) is 62.7 Å². The van der Waals surface area contributed by atoms with Crippen LogP contribution in [0.2, 0.25) is 5.02 Å². The third-order valence-corrected chi connectivity index (χ3v) is 4.32. The molecule has 2 aromatic rings. The average molecular weight is 379 g/mol. The van der Waals surface area contributed by atoms with Crippen LogP contribution in [-0.4, -0.2) is 29.3 Å². The molecule has 0 spiro atoms. The highest BCUT2D eigenvalue weighted by molar-refractivity contribution is 6.33. The summed E-state index contributed by atoms with van der Waals surface area (Å²) >= 11 is 5.95. The first-order valence-electron chi connectivity index (χ1n) is 7.62. The summed E-state index contributed by atoms with van der Waals surface area (Å²) < 4.78 is 10.5. The Kier molecular flexibility index (Phi) is 4.71. The highest BCUT2D eigenvalue weighted by Crippen LogP contribution is 2.35. The van der Waals surface area contributed by atoms with Crippen LogP contribution in [0.3, 0.4) is 0 Å². The second-order valence-corrected chi connectivity index (χ2v) is 6.35. The van der Waals surface area contributed by atoms with Crippen molar-refractivity contribution in [1.82, 2.24) is 5.32 Å². The van der Waals surface area contributed by atoms with E-state index in [0.29, 0.717) is 17.1 Å². The molecule has 0 bridgehead atoms. The van der Waals surface area contributed by atoms with Crippen molar-refractivity contribution >= 4 is 23.2 Å². The molecule has 9 heteroatoms. The molecule has 1 aliphatic heterocycles. The molecule has 1 amide bonds. The van der Waals surface area contributed by atoms with Crippen LogP contribution in [0.1, 0.15) is 22.8 Å². The first kappa shape index (κ1) is 18.0. The van der Waals surface area contributed by atoms with Gasteiger partial charge in [0.2, 0.25) is 6.79 Å². The number of benzene rings is 2. The second kappa shape index (κ2) is 6.81. The number of hydrogen-bond acceptors (Lipinski definition) is 6. The summed E-state index contributed by atoms with van der Waals surface area (Å²) in [6.45, 7) is 1.51. The normalized spacial score (nSPS) is 14.6. The molecule has 2 N–H and O–H groups in total. The first-order chi connectivity index (χ1) is 12.3. The Bertz CT molecular complexity index is 884. The Morgan fingerprint density at radius 3 is 2.77 bits per heavy atom. The van der Waals surface area contributed by atoms with Crippen molar-refractivity contribution in [2.45, 2.75) is 12.5 Å². The lowest BCUT2D eigenvalue weighted by Crippen LogP contribution is -2.38. The third kappa shape index (κ3) is 3.56. The molecule has 0 fully saturated rings. The number of ether oxygens (including phenoxy) is 2. The third-order valence-electron chi connectivity index (χ3n) is 3.99. The fraction of sp³-hybridized carbons (Fsp3) is 0.235. The number of rotatable bonds is 5. The maximum atomic E-state index is 12.3. The number of non-ortho nitro benzene ring substituents is 1. The Morgan fingerprint density at radius 2 is 2.04 bits per heavy atom. The molecule has 8 nitrogen and oxygen atoms in total. The molecule has 3 rings (SSSR count). The number of aliphatic hydroxyl groups is 1. The van der Waals surface area contributed by atoms with E-state index in [2.05, 4.69) is 5.32 Å². The van der Waals surface area contributed by atoms with Gasteiger partial charge in [-0.25, -0.2) is 0 Å². The van der Waals surface area contributed by atoms with Crippen molar-refractivity contribution in [3.8, 4) is 11.5 Å². The van der Waals surface area contributed by atoms with Gasteiger partial charge in [-0.05, 0) is 30.7 Å². The van der Waals surface area contributed by atoms with E-state index in [-0.39, 0.29) is 29.6 Å². The number of carbonyl (C=O) groups is 1. The number of nitrogens with one attached hydrogen (secondary N) is 1. The second-order valence-electron chi connectivity index (χ2n) is 5.95. The van der Waals surface area contributed by atoms with E-state index >= 15 is 0 Å². The highest BCUT2D eigenvalue weighted by Gasteiger charge is 2.27. The predicted molar refractivity (Wildman–Crippen MR) is 92.6 cm³/mol. The van der Waals surface area contributed by atoms with Crippen molar-refractivity contribution < 1.29 is 24.3 Å². The average Bonchev–Trinajstić information content (AvgIpc) is 3.07. The zero-order valence-corrected chi connectivity index (χ0v) is 14.4. The van der Waals surface area contributed by atoms with Gasteiger partial charge in [-0.2, -0.15) is 0 Å². The lowest BCUT2D eigenvalue weighted by Gasteiger charge is -2.24. The van der Waals surface area contributed by atoms with Gasteiger partial charge in [0.1, 0.15) is 5.60 Å². The molecule has 2 aromatic carbocycles. The Labute approximate surface area is 153 Å². The number of halogens is 1. The molecule has 1 heterocycles. The SMILES string of the molecule is CC(O)(CNC(=O)c1cc([N+](=O)[O-])ccc1Cl)c1ccc2c(c1)OCO2. The maximum absolute atomic E-state index is 12.3. The molecule has 1 atom stereocenters. The summed E-state index contributed by atoms with van der Waals surface area (Å²) in [5.41, 5.74) is -1.17. The van der Waals surface area contributed by atoms with Crippen LogP contribution in [0, 0.1) is 10.1 Å². The zero-order chi connectivity index (χ0) is 18.9. The Balaban J connectivity index is 1.74. The van der Waals surface area contributed by atoms with E-state index in [4.69, 9.17) is 21.1 Å². The number of fused-ring (bicyclic) bond motifs is 1. The summed E-state index contributed by atoms with van der Waals surface area (Å²) in [6, 6.07) is 8.56. The molecule has 0 saturated carbocycles. The van der Waals surface area contributed by atoms with E-state index in [9.17, 15) is 20.0 Å². The minimum atomic E-state index is -1.40. The summed E-state index contributed by atoms with van der Waals surface area (Å²) in [5, 5.41) is 24.1. The van der Waals surface area contributed by atoms with Gasteiger partial charge in [0.05, 0.1) is 22.1 Å². The van der Waals surface area contributed by atoms with Gasteiger partial charge < -0.3 is 19.9 Å². The Hall–Kier alpha value is -2.84. The number of nitro benzene ring substituents is 1. The topological polar surface area (TPSA) is 111 Å². The number of amides is 1. The fourth-order valence-electron chi connectivity index (χ4n) is 2.48. The molecule has 0 radical (unpaired) electrons. The minimum Gasteiger partial charge on any atom is -0.454 e. The maximum Gasteiger partial charge on any atom is 0.270 e. The van der Waals surface area contributed by atoms with Crippen LogP contribution in [0.15, 0.2) is 36.4 Å². The highest BCUT2D eigenvalue weighted by atomic mass is 35.5. The summed E-state index contributed by atoms with van der Waals surface area (Å²) in [6.07, 6.45) is 0. The number of hydrogen-bond donors (Lipinski definition) is 2. The van der Waals surface area contributed by atoms with Gasteiger partial charge in [-0.3, -0.25) is 14.9 Å².